The number of aromatic nitrogens is 1. The SMILES string of the molecule is C=Nc1c(OC(F)(F)C(C)(C)O)ccc(-c2ccccn2)c1OCC1CCC(CNC)N1. The third kappa shape index (κ3) is 5.40. The molecular weight excluding hydrogens is 418 g/mol. The second-order valence-electron chi connectivity index (χ2n) is 8.35. The van der Waals surface area contributed by atoms with Crippen LogP contribution in [0.4, 0.5) is 14.5 Å². The maximum absolute atomic E-state index is 14.4. The number of hydrogen-bond acceptors (Lipinski definition) is 7. The minimum absolute atomic E-state index is 0.0295. The normalized spacial score (nSPS) is 19.1. The predicted octanol–water partition coefficient (Wildman–Crippen LogP) is 3.54. The molecule has 32 heavy (non-hydrogen) atoms. The molecule has 7 nitrogen and oxygen atoms in total. The van der Waals surface area contributed by atoms with Crippen molar-refractivity contribution < 1.29 is 23.4 Å². The summed E-state index contributed by atoms with van der Waals surface area (Å²) in [4.78, 5) is 8.29. The van der Waals surface area contributed by atoms with Gasteiger partial charge in [-0.2, -0.15) is 8.78 Å². The standard InChI is InChI=1S/C23H30F2N4O3/c1-22(2,30)23(24,25)32-19-11-10-17(18-7-5-6-12-28-18)21(20(19)27-4)31-14-16-9-8-15(29-16)13-26-3/h5-7,10-12,15-16,26,29-30H,4,8-9,13-14H2,1-3H3. The lowest BCUT2D eigenvalue weighted by molar-refractivity contribution is -0.276. The maximum atomic E-state index is 14.4. The molecule has 1 fully saturated rings. The number of likely N-dealkylation sites (N-methyl/N-ethyl adjacent to an activating group) is 1. The molecule has 2 heterocycles. The summed E-state index contributed by atoms with van der Waals surface area (Å²) in [6.07, 6.45) is -0.290. The molecule has 1 aromatic carbocycles. The van der Waals surface area contributed by atoms with Crippen molar-refractivity contribution in [1.29, 1.82) is 0 Å². The first-order chi connectivity index (χ1) is 15.2. The van der Waals surface area contributed by atoms with Gasteiger partial charge in [-0.25, -0.2) is 0 Å². The van der Waals surface area contributed by atoms with Crippen molar-refractivity contribution in [2.75, 3.05) is 20.2 Å². The fraction of sp³-hybridized carbons (Fsp3) is 0.478. The fourth-order valence-corrected chi connectivity index (χ4v) is 3.54. The monoisotopic (exact) mass is 448 g/mol. The highest BCUT2D eigenvalue weighted by Crippen LogP contribution is 2.46. The summed E-state index contributed by atoms with van der Waals surface area (Å²) < 4.78 is 39.9. The molecule has 1 aliphatic rings. The van der Waals surface area contributed by atoms with E-state index in [1.165, 1.54) is 6.07 Å². The molecule has 0 amide bonds. The number of benzene rings is 1. The molecule has 1 aliphatic heterocycles. The molecule has 2 unspecified atom stereocenters. The lowest BCUT2D eigenvalue weighted by atomic mass is 10.1. The molecule has 0 spiro atoms. The Bertz CT molecular complexity index is 919. The largest absolute Gasteiger partial charge is 0.489 e. The van der Waals surface area contributed by atoms with Crippen LogP contribution in [0.25, 0.3) is 11.3 Å². The van der Waals surface area contributed by atoms with Gasteiger partial charge >= 0.3 is 6.11 Å². The molecule has 0 aliphatic carbocycles. The Morgan fingerprint density at radius 3 is 2.62 bits per heavy atom. The van der Waals surface area contributed by atoms with Gasteiger partial charge < -0.3 is 25.2 Å². The van der Waals surface area contributed by atoms with Crippen molar-refractivity contribution in [1.82, 2.24) is 15.6 Å². The van der Waals surface area contributed by atoms with E-state index in [9.17, 15) is 13.9 Å². The zero-order valence-corrected chi connectivity index (χ0v) is 18.6. The van der Waals surface area contributed by atoms with Crippen molar-refractivity contribution in [3.63, 3.8) is 0 Å². The minimum Gasteiger partial charge on any atom is -0.489 e. The van der Waals surface area contributed by atoms with E-state index in [0.717, 1.165) is 33.2 Å². The molecule has 0 saturated carbocycles. The first-order valence-electron chi connectivity index (χ1n) is 10.5. The minimum atomic E-state index is -3.86. The van der Waals surface area contributed by atoms with Crippen molar-refractivity contribution >= 4 is 12.4 Å². The lowest BCUT2D eigenvalue weighted by Gasteiger charge is -2.29. The molecule has 174 valence electrons. The number of aliphatic imine (C=N–C) groups is 1. The van der Waals surface area contributed by atoms with Crippen molar-refractivity contribution in [2.45, 2.75) is 50.5 Å². The van der Waals surface area contributed by atoms with Gasteiger partial charge in [-0.1, -0.05) is 6.07 Å². The Labute approximate surface area is 186 Å². The Kier molecular flexibility index (Phi) is 7.43. The van der Waals surface area contributed by atoms with Gasteiger partial charge in [-0.15, -0.1) is 0 Å². The number of pyridine rings is 1. The summed E-state index contributed by atoms with van der Waals surface area (Å²) in [5.41, 5.74) is -1.19. The van der Waals surface area contributed by atoms with Crippen LogP contribution in [-0.2, 0) is 0 Å². The van der Waals surface area contributed by atoms with E-state index in [-0.39, 0.29) is 23.2 Å². The molecule has 0 bridgehead atoms. The van der Waals surface area contributed by atoms with Gasteiger partial charge in [0, 0.05) is 30.4 Å². The van der Waals surface area contributed by atoms with Gasteiger partial charge in [0.2, 0.25) is 0 Å². The molecular formula is C23H30F2N4O3. The summed E-state index contributed by atoms with van der Waals surface area (Å²) in [6.45, 7) is 6.65. The summed E-state index contributed by atoms with van der Waals surface area (Å²) >= 11 is 0. The number of rotatable bonds is 10. The van der Waals surface area contributed by atoms with Crippen molar-refractivity contribution in [3.05, 3.63) is 36.5 Å². The van der Waals surface area contributed by atoms with Crippen LogP contribution in [0.3, 0.4) is 0 Å². The predicted molar refractivity (Wildman–Crippen MR) is 120 cm³/mol. The molecule has 3 N–H and O–H groups in total. The number of halogens is 2. The van der Waals surface area contributed by atoms with Gasteiger partial charge in [-0.05, 0) is 64.7 Å². The topological polar surface area (TPSA) is 88.0 Å². The van der Waals surface area contributed by atoms with Crippen LogP contribution in [0.2, 0.25) is 0 Å². The molecule has 2 atom stereocenters. The van der Waals surface area contributed by atoms with Gasteiger partial charge in [0.1, 0.15) is 12.3 Å². The molecule has 2 aromatic rings. The van der Waals surface area contributed by atoms with Crippen LogP contribution in [0, 0.1) is 0 Å². The summed E-state index contributed by atoms with van der Waals surface area (Å²) in [6, 6.07) is 8.79. The van der Waals surface area contributed by atoms with Crippen LogP contribution in [0.5, 0.6) is 11.5 Å². The molecule has 1 aromatic heterocycles. The first kappa shape index (κ1) is 24.0. The smallest absolute Gasteiger partial charge is 0.426 e. The van der Waals surface area contributed by atoms with Gasteiger partial charge in [-0.3, -0.25) is 9.98 Å². The van der Waals surface area contributed by atoms with E-state index in [1.54, 1.807) is 24.4 Å². The average Bonchev–Trinajstić information content (AvgIpc) is 3.19. The van der Waals surface area contributed by atoms with Crippen molar-refractivity contribution in [2.24, 2.45) is 4.99 Å². The highest BCUT2D eigenvalue weighted by molar-refractivity contribution is 5.79. The first-order valence-corrected chi connectivity index (χ1v) is 10.5. The van der Waals surface area contributed by atoms with E-state index in [1.807, 2.05) is 13.1 Å². The summed E-state index contributed by atoms with van der Waals surface area (Å²) in [7, 11) is 1.90. The third-order valence-electron chi connectivity index (χ3n) is 5.36. The highest BCUT2D eigenvalue weighted by Gasteiger charge is 2.49. The zero-order chi connectivity index (χ0) is 23.4. The Morgan fingerprint density at radius 1 is 1.25 bits per heavy atom. The molecule has 0 radical (unpaired) electrons. The van der Waals surface area contributed by atoms with E-state index >= 15 is 0 Å². The highest BCUT2D eigenvalue weighted by atomic mass is 19.3. The summed E-state index contributed by atoms with van der Waals surface area (Å²) in [5.74, 6) is 0.0101. The Morgan fingerprint density at radius 2 is 2.00 bits per heavy atom. The Hall–Kier alpha value is -2.62. The quantitative estimate of drug-likeness (QED) is 0.482. The molecule has 3 rings (SSSR count). The summed E-state index contributed by atoms with van der Waals surface area (Å²) in [5, 5.41) is 16.5. The molecule has 9 heteroatoms. The van der Waals surface area contributed by atoms with Crippen LogP contribution in [0.1, 0.15) is 26.7 Å². The second kappa shape index (κ2) is 9.89. The average molecular weight is 449 g/mol. The van der Waals surface area contributed by atoms with Crippen LogP contribution in [0.15, 0.2) is 41.5 Å². The number of hydrogen-bond donors (Lipinski definition) is 3. The van der Waals surface area contributed by atoms with E-state index in [2.05, 4.69) is 27.3 Å². The number of aliphatic hydroxyl groups is 1. The fourth-order valence-electron chi connectivity index (χ4n) is 3.54. The van der Waals surface area contributed by atoms with Crippen LogP contribution < -0.4 is 20.1 Å². The van der Waals surface area contributed by atoms with Crippen molar-refractivity contribution in [3.8, 4) is 22.8 Å². The molecule has 1 saturated heterocycles. The van der Waals surface area contributed by atoms with Gasteiger partial charge in [0.05, 0.1) is 5.69 Å². The number of nitrogens with zero attached hydrogens (tertiary/aromatic N) is 2. The third-order valence-corrected chi connectivity index (χ3v) is 5.36. The second-order valence-corrected chi connectivity index (χ2v) is 8.35. The zero-order valence-electron chi connectivity index (χ0n) is 18.6. The number of ether oxygens (including phenoxy) is 2. The number of nitrogens with one attached hydrogen (secondary N) is 2. The Balaban J connectivity index is 1.94. The lowest BCUT2D eigenvalue weighted by Crippen LogP contribution is -2.47. The van der Waals surface area contributed by atoms with E-state index < -0.39 is 11.7 Å². The van der Waals surface area contributed by atoms with Gasteiger partial charge in [0.25, 0.3) is 0 Å². The van der Waals surface area contributed by atoms with Crippen LogP contribution in [-0.4, -0.2) is 60.8 Å². The maximum Gasteiger partial charge on any atom is 0.426 e. The number of alkyl halides is 2. The van der Waals surface area contributed by atoms with E-state index in [0.29, 0.717) is 23.9 Å². The van der Waals surface area contributed by atoms with E-state index in [4.69, 9.17) is 9.47 Å². The van der Waals surface area contributed by atoms with Gasteiger partial charge in [0.15, 0.2) is 17.1 Å². The van der Waals surface area contributed by atoms with Crippen LogP contribution >= 0.6 is 0 Å².